The first-order valence-electron chi connectivity index (χ1n) is 5.10. The van der Waals surface area contributed by atoms with Gasteiger partial charge in [-0.25, -0.2) is 0 Å². The van der Waals surface area contributed by atoms with Gasteiger partial charge in [0.2, 0.25) is 0 Å². The van der Waals surface area contributed by atoms with Crippen LogP contribution < -0.4 is 0 Å². The maximum Gasteiger partial charge on any atom is 0.0500 e. The number of rotatable bonds is 8. The predicted molar refractivity (Wildman–Crippen MR) is 54.4 cm³/mol. The third kappa shape index (κ3) is 9.70. The van der Waals surface area contributed by atoms with E-state index in [0.717, 1.165) is 19.6 Å². The molecule has 0 saturated heterocycles. The molecule has 0 rings (SSSR count). The Morgan fingerprint density at radius 3 is 2.58 bits per heavy atom. The molecule has 1 nitrogen and oxygen atoms in total. The van der Waals surface area contributed by atoms with Crippen LogP contribution in [0.15, 0.2) is 12.2 Å². The van der Waals surface area contributed by atoms with E-state index in [1.54, 1.807) is 0 Å². The lowest BCUT2D eigenvalue weighted by molar-refractivity contribution is 0.134. The highest BCUT2D eigenvalue weighted by Gasteiger charge is 1.87. The fourth-order valence-electron chi connectivity index (χ4n) is 1.05. The number of ether oxygens (including phenoxy) is 1. The van der Waals surface area contributed by atoms with Gasteiger partial charge in [0.25, 0.3) is 0 Å². The van der Waals surface area contributed by atoms with E-state index in [4.69, 9.17) is 4.74 Å². The van der Waals surface area contributed by atoms with Gasteiger partial charge in [-0.1, -0.05) is 38.3 Å². The van der Waals surface area contributed by atoms with Gasteiger partial charge >= 0.3 is 0 Å². The molecular weight excluding hydrogens is 148 g/mol. The maximum absolute atomic E-state index is 5.43. The van der Waals surface area contributed by atoms with E-state index in [9.17, 15) is 0 Å². The lowest BCUT2D eigenvalue weighted by Gasteiger charge is -2.01. The first-order chi connectivity index (χ1) is 5.91. The first-order valence-corrected chi connectivity index (χ1v) is 5.10. The molecule has 72 valence electrons. The topological polar surface area (TPSA) is 9.23 Å². The van der Waals surface area contributed by atoms with Crippen molar-refractivity contribution in [3.63, 3.8) is 0 Å². The van der Waals surface area contributed by atoms with Crippen molar-refractivity contribution in [2.45, 2.75) is 46.0 Å². The van der Waals surface area contributed by atoms with E-state index in [2.05, 4.69) is 19.1 Å². The highest BCUT2D eigenvalue weighted by Crippen LogP contribution is 1.99. The van der Waals surface area contributed by atoms with Crippen LogP contribution in [0.25, 0.3) is 0 Å². The number of hydrogen-bond donors (Lipinski definition) is 0. The Kier molecular flexibility index (Phi) is 10.4. The van der Waals surface area contributed by atoms with Gasteiger partial charge < -0.3 is 4.74 Å². The standard InChI is InChI=1S/C11H22O/c1-3-5-7-9-11-12-10-8-6-4-2/h4,6H,3,5,7-11H2,1-2H3. The van der Waals surface area contributed by atoms with E-state index < -0.39 is 0 Å². The summed E-state index contributed by atoms with van der Waals surface area (Å²) in [4.78, 5) is 0. The SMILES string of the molecule is CC=CCCOCCCCCC. The lowest BCUT2D eigenvalue weighted by atomic mass is 10.2. The molecule has 0 unspecified atom stereocenters. The van der Waals surface area contributed by atoms with Crippen LogP contribution in [0.2, 0.25) is 0 Å². The van der Waals surface area contributed by atoms with Crippen molar-refractivity contribution in [3.8, 4) is 0 Å². The molecule has 0 bridgehead atoms. The van der Waals surface area contributed by atoms with Crippen molar-refractivity contribution in [2.24, 2.45) is 0 Å². The molecule has 0 aliphatic carbocycles. The van der Waals surface area contributed by atoms with Crippen molar-refractivity contribution in [1.29, 1.82) is 0 Å². The molecule has 0 heterocycles. The molecule has 0 aromatic heterocycles. The highest BCUT2D eigenvalue weighted by molar-refractivity contribution is 4.75. The molecular formula is C11H22O. The molecule has 0 aliphatic heterocycles. The van der Waals surface area contributed by atoms with Crippen LogP contribution in [0.4, 0.5) is 0 Å². The van der Waals surface area contributed by atoms with Crippen molar-refractivity contribution in [1.82, 2.24) is 0 Å². The van der Waals surface area contributed by atoms with Crippen LogP contribution in [0.5, 0.6) is 0 Å². The van der Waals surface area contributed by atoms with E-state index in [1.807, 2.05) is 6.92 Å². The van der Waals surface area contributed by atoms with Crippen LogP contribution in [0.1, 0.15) is 46.0 Å². The van der Waals surface area contributed by atoms with E-state index in [-0.39, 0.29) is 0 Å². The Labute approximate surface area is 76.8 Å². The first kappa shape index (κ1) is 11.7. The number of hydrogen-bond acceptors (Lipinski definition) is 1. The van der Waals surface area contributed by atoms with Crippen molar-refractivity contribution in [2.75, 3.05) is 13.2 Å². The van der Waals surface area contributed by atoms with Gasteiger partial charge in [-0.3, -0.25) is 0 Å². The number of allylic oxidation sites excluding steroid dienone is 1. The zero-order chi connectivity index (χ0) is 9.07. The zero-order valence-corrected chi connectivity index (χ0v) is 8.51. The lowest BCUT2D eigenvalue weighted by Crippen LogP contribution is -1.95. The quantitative estimate of drug-likeness (QED) is 0.400. The van der Waals surface area contributed by atoms with Crippen LogP contribution >= 0.6 is 0 Å². The Morgan fingerprint density at radius 2 is 1.92 bits per heavy atom. The second-order valence-electron chi connectivity index (χ2n) is 3.03. The van der Waals surface area contributed by atoms with Crippen molar-refractivity contribution in [3.05, 3.63) is 12.2 Å². The predicted octanol–water partition coefficient (Wildman–Crippen LogP) is 3.55. The summed E-state index contributed by atoms with van der Waals surface area (Å²) in [6.45, 7) is 6.10. The van der Waals surface area contributed by atoms with Crippen LogP contribution in [-0.2, 0) is 4.74 Å². The fourth-order valence-corrected chi connectivity index (χ4v) is 1.05. The van der Waals surface area contributed by atoms with Crippen molar-refractivity contribution >= 4 is 0 Å². The second kappa shape index (κ2) is 10.7. The summed E-state index contributed by atoms with van der Waals surface area (Å²) in [7, 11) is 0. The highest BCUT2D eigenvalue weighted by atomic mass is 16.5. The fraction of sp³-hybridized carbons (Fsp3) is 0.818. The smallest absolute Gasteiger partial charge is 0.0500 e. The van der Waals surface area contributed by atoms with Gasteiger partial charge in [0, 0.05) is 6.61 Å². The van der Waals surface area contributed by atoms with Crippen molar-refractivity contribution < 1.29 is 4.74 Å². The Bertz CT molecular complexity index is 97.2. The van der Waals surface area contributed by atoms with Crippen LogP contribution in [0.3, 0.4) is 0 Å². The molecule has 0 spiro atoms. The molecule has 1 heteroatoms. The largest absolute Gasteiger partial charge is 0.381 e. The van der Waals surface area contributed by atoms with Crippen LogP contribution in [-0.4, -0.2) is 13.2 Å². The molecule has 0 atom stereocenters. The summed E-state index contributed by atoms with van der Waals surface area (Å²) in [6.07, 6.45) is 10.5. The average molecular weight is 170 g/mol. The van der Waals surface area contributed by atoms with Crippen LogP contribution in [0, 0.1) is 0 Å². The number of unbranched alkanes of at least 4 members (excludes halogenated alkanes) is 3. The Balaban J connectivity index is 2.81. The van der Waals surface area contributed by atoms with Gasteiger partial charge in [-0.15, -0.1) is 0 Å². The average Bonchev–Trinajstić information content (AvgIpc) is 2.10. The van der Waals surface area contributed by atoms with Gasteiger partial charge in [-0.2, -0.15) is 0 Å². The molecule has 0 aromatic rings. The van der Waals surface area contributed by atoms with E-state index in [0.29, 0.717) is 0 Å². The van der Waals surface area contributed by atoms with Gasteiger partial charge in [0.15, 0.2) is 0 Å². The second-order valence-corrected chi connectivity index (χ2v) is 3.03. The minimum Gasteiger partial charge on any atom is -0.381 e. The van der Waals surface area contributed by atoms with Gasteiger partial charge in [0.1, 0.15) is 0 Å². The summed E-state index contributed by atoms with van der Waals surface area (Å²) in [5, 5.41) is 0. The summed E-state index contributed by atoms with van der Waals surface area (Å²) < 4.78 is 5.43. The molecule has 0 fully saturated rings. The molecule has 0 amide bonds. The summed E-state index contributed by atoms with van der Waals surface area (Å²) >= 11 is 0. The van der Waals surface area contributed by atoms with Gasteiger partial charge in [-0.05, 0) is 19.8 Å². The molecule has 0 aromatic carbocycles. The normalized spacial score (nSPS) is 11.2. The molecule has 12 heavy (non-hydrogen) atoms. The Hall–Kier alpha value is -0.300. The minimum atomic E-state index is 0.885. The Morgan fingerprint density at radius 1 is 1.08 bits per heavy atom. The minimum absolute atomic E-state index is 0.885. The summed E-state index contributed by atoms with van der Waals surface area (Å²) in [6, 6.07) is 0. The molecule has 0 aliphatic rings. The molecule has 0 N–H and O–H groups in total. The van der Waals surface area contributed by atoms with E-state index >= 15 is 0 Å². The third-order valence-corrected chi connectivity index (χ3v) is 1.81. The molecule has 0 saturated carbocycles. The molecule has 0 radical (unpaired) electrons. The van der Waals surface area contributed by atoms with Gasteiger partial charge in [0.05, 0.1) is 6.61 Å². The summed E-state index contributed by atoms with van der Waals surface area (Å²) in [5.41, 5.74) is 0. The monoisotopic (exact) mass is 170 g/mol. The third-order valence-electron chi connectivity index (χ3n) is 1.81. The zero-order valence-electron chi connectivity index (χ0n) is 8.51. The van der Waals surface area contributed by atoms with E-state index in [1.165, 1.54) is 25.7 Å². The maximum atomic E-state index is 5.43. The summed E-state index contributed by atoms with van der Waals surface area (Å²) in [5.74, 6) is 0.